The maximum atomic E-state index is 15.0. The first-order valence-corrected chi connectivity index (χ1v) is 11.6. The Hall–Kier alpha value is -2.12. The van der Waals surface area contributed by atoms with Gasteiger partial charge in [0.05, 0.1) is 34.5 Å². The zero-order valence-electron chi connectivity index (χ0n) is 16.7. The monoisotopic (exact) mass is 477 g/mol. The molecule has 3 heterocycles. The summed E-state index contributed by atoms with van der Waals surface area (Å²) in [6.45, 7) is -0.234. The molecule has 1 spiro atoms. The molecule has 1 saturated heterocycles. The van der Waals surface area contributed by atoms with E-state index >= 15 is 0 Å². The third kappa shape index (κ3) is 3.32. The fraction of sp³-hybridized carbons (Fsp3) is 0.579. The van der Waals surface area contributed by atoms with Gasteiger partial charge in [-0.2, -0.15) is 31.0 Å². The molecule has 0 bridgehead atoms. The highest BCUT2D eigenvalue weighted by atomic mass is 32.2. The molecule has 32 heavy (non-hydrogen) atoms. The van der Waals surface area contributed by atoms with E-state index in [0.29, 0.717) is 12.8 Å². The van der Waals surface area contributed by atoms with Gasteiger partial charge < -0.3 is 0 Å². The van der Waals surface area contributed by atoms with Crippen LogP contribution in [0.25, 0.3) is 11.4 Å². The van der Waals surface area contributed by atoms with E-state index in [2.05, 4.69) is 10.1 Å². The maximum absolute atomic E-state index is 15.0. The molecule has 0 aromatic carbocycles. The largest absolute Gasteiger partial charge is 0.435 e. The number of halogens is 5. The lowest BCUT2D eigenvalue weighted by Gasteiger charge is -2.30. The van der Waals surface area contributed by atoms with Crippen LogP contribution in [0.2, 0.25) is 0 Å². The van der Waals surface area contributed by atoms with Crippen molar-refractivity contribution < 1.29 is 30.4 Å². The topological polar surface area (TPSA) is 94.1 Å². The fourth-order valence-electron chi connectivity index (χ4n) is 4.82. The molecular formula is C19H20F5N5O2S. The summed E-state index contributed by atoms with van der Waals surface area (Å²) in [5.74, 6) is -4.34. The summed E-state index contributed by atoms with van der Waals surface area (Å²) < 4.78 is 94.8. The second kappa shape index (κ2) is 6.70. The lowest BCUT2D eigenvalue weighted by molar-refractivity contribution is -0.141. The van der Waals surface area contributed by atoms with Gasteiger partial charge in [0.25, 0.3) is 16.1 Å². The van der Waals surface area contributed by atoms with Crippen molar-refractivity contribution in [2.45, 2.75) is 49.7 Å². The molecule has 2 aromatic rings. The van der Waals surface area contributed by atoms with E-state index < -0.39 is 39.3 Å². The molecule has 1 aliphatic heterocycles. The van der Waals surface area contributed by atoms with Crippen molar-refractivity contribution in [1.29, 1.82) is 0 Å². The molecule has 174 valence electrons. The summed E-state index contributed by atoms with van der Waals surface area (Å²) in [5, 5.41) is 8.79. The number of alkyl halides is 5. The van der Waals surface area contributed by atoms with Crippen LogP contribution in [0.1, 0.15) is 49.0 Å². The number of nitrogens with zero attached hydrogens (tertiary/aromatic N) is 4. The molecular weight excluding hydrogens is 457 g/mol. The second-order valence-electron chi connectivity index (χ2n) is 8.69. The molecule has 2 saturated carbocycles. The van der Waals surface area contributed by atoms with E-state index in [1.54, 1.807) is 0 Å². The van der Waals surface area contributed by atoms with Crippen molar-refractivity contribution >= 4 is 10.2 Å². The highest BCUT2D eigenvalue weighted by molar-refractivity contribution is 7.86. The number of hydrogen-bond donors (Lipinski definition) is 1. The average molecular weight is 477 g/mol. The SMILES string of the molecule is NS(=O)(=O)N1CCC2(CC1)C(c1cccc(-c3cc(C(F)(F)F)nn3C3CC3)n1)C2(F)F. The van der Waals surface area contributed by atoms with Crippen LogP contribution >= 0.6 is 0 Å². The Morgan fingerprint density at radius 3 is 2.34 bits per heavy atom. The Morgan fingerprint density at radius 1 is 1.12 bits per heavy atom. The van der Waals surface area contributed by atoms with Crippen LogP contribution in [0.5, 0.6) is 0 Å². The number of aromatic nitrogens is 3. The Labute approximate surface area is 180 Å². The van der Waals surface area contributed by atoms with Gasteiger partial charge in [-0.1, -0.05) is 6.07 Å². The summed E-state index contributed by atoms with van der Waals surface area (Å²) >= 11 is 0. The van der Waals surface area contributed by atoms with E-state index in [1.807, 2.05) is 0 Å². The van der Waals surface area contributed by atoms with Gasteiger partial charge >= 0.3 is 6.18 Å². The predicted molar refractivity (Wildman–Crippen MR) is 103 cm³/mol. The zero-order chi connectivity index (χ0) is 23.1. The van der Waals surface area contributed by atoms with E-state index in [1.165, 1.54) is 22.9 Å². The minimum atomic E-state index is -4.63. The first kappa shape index (κ1) is 21.7. The molecule has 5 rings (SSSR count). The number of rotatable bonds is 4. The quantitative estimate of drug-likeness (QED) is 0.684. The maximum Gasteiger partial charge on any atom is 0.435 e. The summed E-state index contributed by atoms with van der Waals surface area (Å²) in [6, 6.07) is 5.15. The standard InChI is InChI=1S/C19H20F5N5O2S/c20-18(21)16(17(18)6-8-28(9-7-17)32(25,30)31)13-3-1-2-12(26-13)14-10-15(19(22,23)24)27-29(14)11-4-5-11/h1-3,10-11,16H,4-9H2,(H2,25,30,31). The Kier molecular flexibility index (Phi) is 4.55. The summed E-state index contributed by atoms with van der Waals surface area (Å²) in [4.78, 5) is 4.32. The van der Waals surface area contributed by atoms with Crippen LogP contribution < -0.4 is 5.14 Å². The van der Waals surface area contributed by atoms with Crippen LogP contribution in [0.15, 0.2) is 24.3 Å². The number of piperidine rings is 1. The molecule has 1 unspecified atom stereocenters. The highest BCUT2D eigenvalue weighted by Crippen LogP contribution is 2.75. The van der Waals surface area contributed by atoms with E-state index in [0.717, 1.165) is 10.4 Å². The minimum absolute atomic E-state index is 0.0775. The van der Waals surface area contributed by atoms with Crippen molar-refractivity contribution in [3.8, 4) is 11.4 Å². The Bertz CT molecular complexity index is 1170. The molecule has 2 aliphatic carbocycles. The summed E-state index contributed by atoms with van der Waals surface area (Å²) in [5.41, 5.74) is -2.11. The third-order valence-electron chi connectivity index (χ3n) is 6.72. The number of pyridine rings is 1. The molecule has 3 fully saturated rings. The molecule has 13 heteroatoms. The van der Waals surface area contributed by atoms with Crippen molar-refractivity contribution in [1.82, 2.24) is 19.1 Å². The Balaban J connectivity index is 1.47. The molecule has 2 aromatic heterocycles. The Morgan fingerprint density at radius 2 is 1.78 bits per heavy atom. The second-order valence-corrected chi connectivity index (χ2v) is 10.2. The normalized spacial score (nSPS) is 25.2. The fourth-order valence-corrected chi connectivity index (χ4v) is 5.51. The number of nitrogens with two attached hydrogens (primary N) is 1. The zero-order valence-corrected chi connectivity index (χ0v) is 17.5. The molecule has 2 N–H and O–H groups in total. The van der Waals surface area contributed by atoms with Gasteiger partial charge in [-0.05, 0) is 43.9 Å². The third-order valence-corrected chi connectivity index (χ3v) is 7.80. The molecule has 7 nitrogen and oxygen atoms in total. The first-order chi connectivity index (χ1) is 14.8. The van der Waals surface area contributed by atoms with Crippen LogP contribution in [-0.2, 0) is 16.4 Å². The van der Waals surface area contributed by atoms with Crippen LogP contribution in [0.3, 0.4) is 0 Å². The van der Waals surface area contributed by atoms with E-state index in [-0.39, 0.29) is 49.1 Å². The number of hydrogen-bond acceptors (Lipinski definition) is 4. The van der Waals surface area contributed by atoms with Gasteiger partial charge in [0, 0.05) is 13.1 Å². The smallest absolute Gasteiger partial charge is 0.260 e. The van der Waals surface area contributed by atoms with Gasteiger partial charge in [-0.25, -0.2) is 13.9 Å². The summed E-state index contributed by atoms with van der Waals surface area (Å²) in [7, 11) is -3.96. The van der Waals surface area contributed by atoms with Crippen molar-refractivity contribution in [3.05, 3.63) is 35.7 Å². The van der Waals surface area contributed by atoms with Gasteiger partial charge in [-0.15, -0.1) is 0 Å². The molecule has 0 amide bonds. The van der Waals surface area contributed by atoms with Crippen molar-refractivity contribution in [2.24, 2.45) is 10.6 Å². The van der Waals surface area contributed by atoms with Gasteiger partial charge in [-0.3, -0.25) is 9.67 Å². The van der Waals surface area contributed by atoms with E-state index in [9.17, 15) is 30.4 Å². The average Bonchev–Trinajstić information content (AvgIpc) is 3.55. The van der Waals surface area contributed by atoms with Crippen LogP contribution in [-0.4, -0.2) is 46.5 Å². The van der Waals surface area contributed by atoms with Gasteiger partial charge in [0.1, 0.15) is 0 Å². The van der Waals surface area contributed by atoms with Crippen LogP contribution in [0, 0.1) is 5.41 Å². The lowest BCUT2D eigenvalue weighted by atomic mass is 9.90. The molecule has 1 atom stereocenters. The minimum Gasteiger partial charge on any atom is -0.260 e. The summed E-state index contributed by atoms with van der Waals surface area (Å²) in [6.07, 6.45) is -3.40. The molecule has 0 radical (unpaired) electrons. The first-order valence-electron chi connectivity index (χ1n) is 10.1. The van der Waals surface area contributed by atoms with E-state index in [4.69, 9.17) is 5.14 Å². The van der Waals surface area contributed by atoms with Gasteiger partial charge in [0.2, 0.25) is 0 Å². The molecule has 3 aliphatic rings. The van der Waals surface area contributed by atoms with Gasteiger partial charge in [0.15, 0.2) is 5.69 Å². The van der Waals surface area contributed by atoms with Crippen molar-refractivity contribution in [2.75, 3.05) is 13.1 Å². The highest BCUT2D eigenvalue weighted by Gasteiger charge is 2.81. The van der Waals surface area contributed by atoms with Crippen LogP contribution in [0.4, 0.5) is 22.0 Å². The van der Waals surface area contributed by atoms with Crippen molar-refractivity contribution in [3.63, 3.8) is 0 Å². The predicted octanol–water partition coefficient (Wildman–Crippen LogP) is 3.32. The lowest BCUT2D eigenvalue weighted by Crippen LogP contribution is -2.43.